The largest absolute Gasteiger partial charge is 0.369 e. The van der Waals surface area contributed by atoms with Gasteiger partial charge in [0.05, 0.1) is 6.54 Å². The van der Waals surface area contributed by atoms with Crippen LogP contribution in [0.5, 0.6) is 0 Å². The van der Waals surface area contributed by atoms with Gasteiger partial charge in [-0.15, -0.1) is 10.2 Å². The van der Waals surface area contributed by atoms with E-state index in [2.05, 4.69) is 25.1 Å². The van der Waals surface area contributed by atoms with E-state index < -0.39 is 0 Å². The SMILES string of the molecule is CCNc1ccc(C(=O)N2CCn3ccnc3C2)nn1. The Balaban J connectivity index is 1.73. The van der Waals surface area contributed by atoms with Gasteiger partial charge in [0, 0.05) is 32.0 Å². The summed E-state index contributed by atoms with van der Waals surface area (Å²) in [5, 5.41) is 11.0. The van der Waals surface area contributed by atoms with Crippen LogP contribution >= 0.6 is 0 Å². The number of anilines is 1. The Morgan fingerprint density at radius 3 is 3.00 bits per heavy atom. The zero-order valence-electron chi connectivity index (χ0n) is 11.3. The third kappa shape index (κ3) is 2.34. The van der Waals surface area contributed by atoms with Crippen LogP contribution < -0.4 is 5.32 Å². The number of nitrogens with one attached hydrogen (secondary N) is 1. The van der Waals surface area contributed by atoms with E-state index in [4.69, 9.17) is 0 Å². The summed E-state index contributed by atoms with van der Waals surface area (Å²) >= 11 is 0. The van der Waals surface area contributed by atoms with Crippen LogP contribution in [-0.4, -0.2) is 43.6 Å². The maximum absolute atomic E-state index is 12.4. The topological polar surface area (TPSA) is 75.9 Å². The van der Waals surface area contributed by atoms with Gasteiger partial charge >= 0.3 is 0 Å². The molecule has 0 atom stereocenters. The van der Waals surface area contributed by atoms with Crippen LogP contribution in [0.1, 0.15) is 23.2 Å². The third-order valence-electron chi connectivity index (χ3n) is 3.27. The summed E-state index contributed by atoms with van der Waals surface area (Å²) in [5.41, 5.74) is 0.367. The molecule has 104 valence electrons. The summed E-state index contributed by atoms with van der Waals surface area (Å²) in [6.45, 7) is 4.71. The van der Waals surface area contributed by atoms with Gasteiger partial charge in [-0.25, -0.2) is 4.98 Å². The maximum Gasteiger partial charge on any atom is 0.274 e. The van der Waals surface area contributed by atoms with E-state index >= 15 is 0 Å². The molecule has 20 heavy (non-hydrogen) atoms. The first kappa shape index (κ1) is 12.6. The molecule has 0 aromatic carbocycles. The van der Waals surface area contributed by atoms with E-state index in [1.54, 1.807) is 23.2 Å². The maximum atomic E-state index is 12.4. The average Bonchev–Trinajstić information content (AvgIpc) is 2.95. The molecule has 7 nitrogen and oxygen atoms in total. The molecule has 2 aromatic heterocycles. The summed E-state index contributed by atoms with van der Waals surface area (Å²) < 4.78 is 2.06. The van der Waals surface area contributed by atoms with E-state index in [0.717, 1.165) is 18.9 Å². The Kier molecular flexibility index (Phi) is 3.32. The fourth-order valence-electron chi connectivity index (χ4n) is 2.23. The molecule has 2 aromatic rings. The fourth-order valence-corrected chi connectivity index (χ4v) is 2.23. The van der Waals surface area contributed by atoms with Crippen molar-refractivity contribution in [1.29, 1.82) is 0 Å². The second kappa shape index (κ2) is 5.28. The zero-order valence-corrected chi connectivity index (χ0v) is 11.3. The Bertz CT molecular complexity index is 606. The van der Waals surface area contributed by atoms with E-state index in [1.165, 1.54) is 0 Å². The molecule has 0 aliphatic carbocycles. The summed E-state index contributed by atoms with van der Waals surface area (Å²) in [6.07, 6.45) is 3.69. The number of amides is 1. The van der Waals surface area contributed by atoms with Crippen LogP contribution in [0.25, 0.3) is 0 Å². The lowest BCUT2D eigenvalue weighted by molar-refractivity contribution is 0.0700. The number of aromatic nitrogens is 4. The van der Waals surface area contributed by atoms with E-state index in [1.807, 2.05) is 13.1 Å². The number of fused-ring (bicyclic) bond motifs is 1. The van der Waals surface area contributed by atoms with E-state index in [-0.39, 0.29) is 5.91 Å². The fraction of sp³-hybridized carbons (Fsp3) is 0.385. The van der Waals surface area contributed by atoms with Crippen LogP contribution in [0.4, 0.5) is 5.82 Å². The highest BCUT2D eigenvalue weighted by Crippen LogP contribution is 2.13. The smallest absolute Gasteiger partial charge is 0.274 e. The number of imidazole rings is 1. The van der Waals surface area contributed by atoms with Crippen LogP contribution in [0, 0.1) is 0 Å². The first-order valence-corrected chi connectivity index (χ1v) is 6.65. The Labute approximate surface area is 116 Å². The number of carbonyl (C=O) groups excluding carboxylic acids is 1. The Hall–Kier alpha value is -2.44. The minimum absolute atomic E-state index is 0.102. The Morgan fingerprint density at radius 1 is 1.35 bits per heavy atom. The van der Waals surface area contributed by atoms with Crippen molar-refractivity contribution in [3.8, 4) is 0 Å². The predicted octanol–water partition coefficient (Wildman–Crippen LogP) is 0.761. The molecule has 0 bridgehead atoms. The lowest BCUT2D eigenvalue weighted by Gasteiger charge is -2.27. The van der Waals surface area contributed by atoms with Gasteiger partial charge < -0.3 is 14.8 Å². The van der Waals surface area contributed by atoms with Crippen molar-refractivity contribution in [2.45, 2.75) is 20.0 Å². The first-order chi connectivity index (χ1) is 9.78. The molecule has 1 amide bonds. The summed E-state index contributed by atoms with van der Waals surface area (Å²) in [6, 6.07) is 3.48. The number of carbonyl (C=O) groups is 1. The van der Waals surface area contributed by atoms with Crippen molar-refractivity contribution < 1.29 is 4.79 Å². The summed E-state index contributed by atoms with van der Waals surface area (Å²) in [7, 11) is 0. The van der Waals surface area contributed by atoms with Gasteiger partial charge in [-0.05, 0) is 19.1 Å². The van der Waals surface area contributed by atoms with Gasteiger partial charge in [0.1, 0.15) is 11.6 Å². The molecule has 3 rings (SSSR count). The molecular formula is C13H16N6O. The third-order valence-corrected chi connectivity index (χ3v) is 3.27. The highest BCUT2D eigenvalue weighted by Gasteiger charge is 2.23. The van der Waals surface area contributed by atoms with Gasteiger partial charge in [-0.3, -0.25) is 4.79 Å². The van der Waals surface area contributed by atoms with Gasteiger partial charge in [0.15, 0.2) is 5.69 Å². The van der Waals surface area contributed by atoms with Gasteiger partial charge in [0.2, 0.25) is 0 Å². The molecule has 1 N–H and O–H groups in total. The lowest BCUT2D eigenvalue weighted by Crippen LogP contribution is -2.38. The highest BCUT2D eigenvalue weighted by atomic mass is 16.2. The van der Waals surface area contributed by atoms with Crippen LogP contribution in [0.2, 0.25) is 0 Å². The molecule has 3 heterocycles. The van der Waals surface area contributed by atoms with E-state index in [9.17, 15) is 4.79 Å². The first-order valence-electron chi connectivity index (χ1n) is 6.65. The molecule has 0 fully saturated rings. The second-order valence-corrected chi connectivity index (χ2v) is 4.60. The minimum atomic E-state index is -0.102. The standard InChI is InChI=1S/C13H16N6O/c1-2-14-11-4-3-10(16-17-11)13(20)19-8-7-18-6-5-15-12(18)9-19/h3-6H,2,7-9H2,1H3,(H,14,17). The molecule has 0 saturated heterocycles. The normalized spacial score (nSPS) is 13.9. The molecule has 0 radical (unpaired) electrons. The van der Waals surface area contributed by atoms with Gasteiger partial charge in [-0.2, -0.15) is 0 Å². The molecule has 7 heteroatoms. The highest BCUT2D eigenvalue weighted by molar-refractivity contribution is 5.92. The summed E-state index contributed by atoms with van der Waals surface area (Å²) in [4.78, 5) is 18.4. The molecule has 0 saturated carbocycles. The number of rotatable bonds is 3. The second-order valence-electron chi connectivity index (χ2n) is 4.60. The molecule has 1 aliphatic rings. The average molecular weight is 272 g/mol. The zero-order chi connectivity index (χ0) is 13.9. The van der Waals surface area contributed by atoms with Crippen molar-refractivity contribution in [2.75, 3.05) is 18.4 Å². The monoisotopic (exact) mass is 272 g/mol. The van der Waals surface area contributed by atoms with Crippen LogP contribution in [-0.2, 0) is 13.1 Å². The summed E-state index contributed by atoms with van der Waals surface area (Å²) in [5.74, 6) is 1.48. The van der Waals surface area contributed by atoms with Crippen molar-refractivity contribution in [3.05, 3.63) is 36.0 Å². The van der Waals surface area contributed by atoms with Crippen molar-refractivity contribution in [2.24, 2.45) is 0 Å². The van der Waals surface area contributed by atoms with Crippen molar-refractivity contribution in [3.63, 3.8) is 0 Å². The van der Waals surface area contributed by atoms with Gasteiger partial charge in [0.25, 0.3) is 5.91 Å². The molecule has 0 spiro atoms. The lowest BCUT2D eigenvalue weighted by atomic mass is 10.3. The van der Waals surface area contributed by atoms with Crippen molar-refractivity contribution in [1.82, 2.24) is 24.6 Å². The van der Waals surface area contributed by atoms with Crippen molar-refractivity contribution >= 4 is 11.7 Å². The number of hydrogen-bond acceptors (Lipinski definition) is 5. The quantitative estimate of drug-likeness (QED) is 0.892. The molecule has 1 aliphatic heterocycles. The Morgan fingerprint density at radius 2 is 2.25 bits per heavy atom. The minimum Gasteiger partial charge on any atom is -0.369 e. The van der Waals surface area contributed by atoms with E-state index in [0.29, 0.717) is 24.6 Å². The molecule has 0 unspecified atom stereocenters. The predicted molar refractivity (Wildman–Crippen MR) is 73.2 cm³/mol. The number of hydrogen-bond donors (Lipinski definition) is 1. The van der Waals surface area contributed by atoms with Gasteiger partial charge in [-0.1, -0.05) is 0 Å². The van der Waals surface area contributed by atoms with Crippen LogP contribution in [0.15, 0.2) is 24.5 Å². The van der Waals surface area contributed by atoms with Crippen LogP contribution in [0.3, 0.4) is 0 Å². The molecular weight excluding hydrogens is 256 g/mol. The number of nitrogens with zero attached hydrogens (tertiary/aromatic N) is 5.